The number of rotatable bonds is 7. The van der Waals surface area contributed by atoms with E-state index in [1.165, 1.54) is 11.3 Å². The largest absolute Gasteiger partial charge is 0.489 e. The fraction of sp³-hybridized carbons (Fsp3) is 0.111. The van der Waals surface area contributed by atoms with Gasteiger partial charge in [0, 0.05) is 15.1 Å². The molecule has 1 N–H and O–H groups in total. The number of aromatic carboxylic acids is 1. The minimum atomic E-state index is -0.899. The number of hydrogen-bond donors (Lipinski definition) is 1. The summed E-state index contributed by atoms with van der Waals surface area (Å²) in [5.74, 6) is 0.547. The molecule has 34 heavy (non-hydrogen) atoms. The maximum absolute atomic E-state index is 11.4. The minimum Gasteiger partial charge on any atom is -0.489 e. The summed E-state index contributed by atoms with van der Waals surface area (Å²) in [6.07, 6.45) is 0. The molecule has 0 bridgehead atoms. The van der Waals surface area contributed by atoms with Crippen molar-refractivity contribution in [2.45, 2.75) is 20.1 Å². The van der Waals surface area contributed by atoms with E-state index in [-0.39, 0.29) is 0 Å². The van der Waals surface area contributed by atoms with Gasteiger partial charge in [-0.2, -0.15) is 0 Å². The number of thiophene rings is 1. The average molecular weight is 490 g/mol. The van der Waals surface area contributed by atoms with Crippen LogP contribution < -0.4 is 9.47 Å². The number of aromatic nitrogens is 1. The van der Waals surface area contributed by atoms with Gasteiger partial charge in [-0.3, -0.25) is 0 Å². The molecule has 0 aliphatic rings. The lowest BCUT2D eigenvalue weighted by Gasteiger charge is -2.09. The van der Waals surface area contributed by atoms with Crippen molar-refractivity contribution < 1.29 is 19.4 Å². The van der Waals surface area contributed by atoms with Gasteiger partial charge >= 0.3 is 5.97 Å². The zero-order valence-electron chi connectivity index (χ0n) is 18.2. The van der Waals surface area contributed by atoms with Gasteiger partial charge < -0.3 is 14.6 Å². The Labute approximate surface area is 205 Å². The van der Waals surface area contributed by atoms with Gasteiger partial charge in [-0.05, 0) is 72.0 Å². The molecule has 0 atom stereocenters. The van der Waals surface area contributed by atoms with Crippen molar-refractivity contribution in [2.24, 2.45) is 0 Å². The number of carboxylic acids is 1. The van der Waals surface area contributed by atoms with Crippen molar-refractivity contribution >= 4 is 49.9 Å². The molecule has 0 fully saturated rings. The standard InChI is InChI=1S/C27H20ClNO4S/c1-16-23-13-22(10-11-25(23)34-26(16)27(30)31)32-14-17-2-8-21(9-3-17)33-15-20-7-5-18-4-6-19(28)12-24(18)29-20/h2-13H,14-15H2,1H3,(H,30,31). The second kappa shape index (κ2) is 9.33. The van der Waals surface area contributed by atoms with Gasteiger partial charge in [-0.1, -0.05) is 35.9 Å². The summed E-state index contributed by atoms with van der Waals surface area (Å²) in [7, 11) is 0. The topological polar surface area (TPSA) is 68.7 Å². The first-order chi connectivity index (χ1) is 16.5. The fourth-order valence-electron chi connectivity index (χ4n) is 3.71. The molecule has 5 nitrogen and oxygen atoms in total. The van der Waals surface area contributed by atoms with E-state index in [1.807, 2.05) is 79.7 Å². The highest BCUT2D eigenvalue weighted by Crippen LogP contribution is 2.33. The van der Waals surface area contributed by atoms with Crippen LogP contribution in [0.4, 0.5) is 0 Å². The van der Waals surface area contributed by atoms with E-state index in [2.05, 4.69) is 4.98 Å². The van der Waals surface area contributed by atoms with Gasteiger partial charge in [0.15, 0.2) is 0 Å². The maximum Gasteiger partial charge on any atom is 0.346 e. The van der Waals surface area contributed by atoms with Crippen molar-refractivity contribution in [1.82, 2.24) is 4.98 Å². The molecule has 2 heterocycles. The number of hydrogen-bond acceptors (Lipinski definition) is 5. The van der Waals surface area contributed by atoms with Crippen molar-refractivity contribution in [1.29, 1.82) is 0 Å². The van der Waals surface area contributed by atoms with Crippen LogP contribution in [0.1, 0.15) is 26.5 Å². The van der Waals surface area contributed by atoms with Crippen LogP contribution in [-0.4, -0.2) is 16.1 Å². The molecule has 5 rings (SSSR count). The van der Waals surface area contributed by atoms with Crippen molar-refractivity contribution in [3.8, 4) is 11.5 Å². The van der Waals surface area contributed by atoms with Gasteiger partial charge in [-0.15, -0.1) is 11.3 Å². The predicted molar refractivity (Wildman–Crippen MR) is 135 cm³/mol. The lowest BCUT2D eigenvalue weighted by atomic mass is 10.1. The summed E-state index contributed by atoms with van der Waals surface area (Å²) in [5.41, 5.74) is 3.44. The number of halogens is 1. The molecule has 0 unspecified atom stereocenters. The van der Waals surface area contributed by atoms with Crippen molar-refractivity contribution in [3.63, 3.8) is 0 Å². The van der Waals surface area contributed by atoms with E-state index in [4.69, 9.17) is 21.1 Å². The average Bonchev–Trinajstić information content (AvgIpc) is 3.18. The van der Waals surface area contributed by atoms with Gasteiger partial charge in [0.05, 0.1) is 11.2 Å². The number of nitrogens with zero attached hydrogens (tertiary/aromatic N) is 1. The fourth-order valence-corrected chi connectivity index (χ4v) is 4.91. The summed E-state index contributed by atoms with van der Waals surface area (Å²) in [5, 5.41) is 11.9. The van der Waals surface area contributed by atoms with Crippen LogP contribution in [0.3, 0.4) is 0 Å². The molecule has 0 aliphatic carbocycles. The SMILES string of the molecule is Cc1c(C(=O)O)sc2ccc(OCc3ccc(OCc4ccc5ccc(Cl)cc5n4)cc3)cc12. The van der Waals surface area contributed by atoms with E-state index in [9.17, 15) is 9.90 Å². The van der Waals surface area contributed by atoms with Crippen LogP contribution in [-0.2, 0) is 13.2 Å². The van der Waals surface area contributed by atoms with Crippen LogP contribution >= 0.6 is 22.9 Å². The molecule has 0 saturated carbocycles. The normalized spacial score (nSPS) is 11.1. The molecule has 0 saturated heterocycles. The Kier molecular flexibility index (Phi) is 6.09. The third kappa shape index (κ3) is 4.69. The summed E-state index contributed by atoms with van der Waals surface area (Å²) in [6, 6.07) is 23.0. The molecule has 0 amide bonds. The number of fused-ring (bicyclic) bond motifs is 2. The molecule has 3 aromatic carbocycles. The summed E-state index contributed by atoms with van der Waals surface area (Å²) >= 11 is 7.35. The Morgan fingerprint density at radius 3 is 2.47 bits per heavy atom. The number of ether oxygens (including phenoxy) is 2. The number of aryl methyl sites for hydroxylation is 1. The molecule has 0 radical (unpaired) electrons. The van der Waals surface area contributed by atoms with Crippen molar-refractivity contribution in [2.75, 3.05) is 0 Å². The molecule has 0 spiro atoms. The Hall–Kier alpha value is -3.61. The lowest BCUT2D eigenvalue weighted by Crippen LogP contribution is -1.99. The third-order valence-corrected chi connectivity index (χ3v) is 7.03. The molecular weight excluding hydrogens is 470 g/mol. The van der Waals surface area contributed by atoms with Crippen LogP contribution in [0.15, 0.2) is 72.8 Å². The predicted octanol–water partition coefficient (Wildman–Crippen LogP) is 7.27. The zero-order valence-corrected chi connectivity index (χ0v) is 19.8. The van der Waals surface area contributed by atoms with E-state index in [0.29, 0.717) is 28.9 Å². The smallest absolute Gasteiger partial charge is 0.346 e. The quantitative estimate of drug-likeness (QED) is 0.260. The first kappa shape index (κ1) is 22.2. The van der Waals surface area contributed by atoms with Gasteiger partial charge in [-0.25, -0.2) is 9.78 Å². The molecule has 7 heteroatoms. The third-order valence-electron chi connectivity index (χ3n) is 5.53. The molecule has 5 aromatic rings. The van der Waals surface area contributed by atoms with Crippen LogP contribution in [0.25, 0.3) is 21.0 Å². The van der Waals surface area contributed by atoms with Crippen LogP contribution in [0.5, 0.6) is 11.5 Å². The summed E-state index contributed by atoms with van der Waals surface area (Å²) in [6.45, 7) is 2.58. The monoisotopic (exact) mass is 489 g/mol. The minimum absolute atomic E-state index is 0.358. The Morgan fingerprint density at radius 1 is 0.941 bits per heavy atom. The Morgan fingerprint density at radius 2 is 1.68 bits per heavy atom. The first-order valence-electron chi connectivity index (χ1n) is 10.6. The lowest BCUT2D eigenvalue weighted by molar-refractivity contribution is 0.0701. The highest BCUT2D eigenvalue weighted by molar-refractivity contribution is 7.21. The van der Waals surface area contributed by atoms with Crippen LogP contribution in [0.2, 0.25) is 5.02 Å². The van der Waals surface area contributed by atoms with Crippen molar-refractivity contribution in [3.05, 3.63) is 99.5 Å². The molecule has 0 aliphatic heterocycles. The van der Waals surface area contributed by atoms with Gasteiger partial charge in [0.25, 0.3) is 0 Å². The molecular formula is C27H20ClNO4S. The zero-order chi connectivity index (χ0) is 23.7. The number of carboxylic acid groups (broad SMARTS) is 1. The van der Waals surface area contributed by atoms with Gasteiger partial charge in [0.1, 0.15) is 29.6 Å². The van der Waals surface area contributed by atoms with E-state index in [0.717, 1.165) is 43.6 Å². The second-order valence-electron chi connectivity index (χ2n) is 7.88. The number of benzene rings is 3. The van der Waals surface area contributed by atoms with Crippen LogP contribution in [0, 0.1) is 6.92 Å². The summed E-state index contributed by atoms with van der Waals surface area (Å²) in [4.78, 5) is 16.3. The van der Waals surface area contributed by atoms with E-state index >= 15 is 0 Å². The van der Waals surface area contributed by atoms with Gasteiger partial charge in [0.2, 0.25) is 0 Å². The molecule has 2 aromatic heterocycles. The Bertz CT molecular complexity index is 1510. The highest BCUT2D eigenvalue weighted by atomic mass is 35.5. The maximum atomic E-state index is 11.4. The highest BCUT2D eigenvalue weighted by Gasteiger charge is 2.14. The molecule has 170 valence electrons. The Balaban J connectivity index is 1.21. The van der Waals surface area contributed by atoms with E-state index < -0.39 is 5.97 Å². The number of pyridine rings is 1. The van der Waals surface area contributed by atoms with E-state index in [1.54, 1.807) is 0 Å². The number of carbonyl (C=O) groups is 1. The second-order valence-corrected chi connectivity index (χ2v) is 9.37. The first-order valence-corrected chi connectivity index (χ1v) is 11.8. The summed E-state index contributed by atoms with van der Waals surface area (Å²) < 4.78 is 12.8.